The fourth-order valence-electron chi connectivity index (χ4n) is 2.62. The lowest BCUT2D eigenvalue weighted by molar-refractivity contribution is 0.183. The summed E-state index contributed by atoms with van der Waals surface area (Å²) in [6.07, 6.45) is 3.47. The molecular formula is C17H26N2O2. The van der Waals surface area contributed by atoms with Crippen LogP contribution in [0.4, 0.5) is 4.79 Å². The topological polar surface area (TPSA) is 41.6 Å². The molecule has 0 saturated carbocycles. The average molecular weight is 290 g/mol. The number of benzene rings is 1. The highest BCUT2D eigenvalue weighted by atomic mass is 16.5. The first-order valence-corrected chi connectivity index (χ1v) is 7.93. The van der Waals surface area contributed by atoms with E-state index in [1.54, 1.807) is 0 Å². The third kappa shape index (κ3) is 4.66. The molecule has 0 unspecified atom stereocenters. The van der Waals surface area contributed by atoms with Crippen molar-refractivity contribution in [3.05, 3.63) is 29.8 Å². The van der Waals surface area contributed by atoms with Crippen LogP contribution in [0.3, 0.4) is 0 Å². The Morgan fingerprint density at radius 3 is 2.67 bits per heavy atom. The molecule has 0 aromatic heterocycles. The lowest BCUT2D eigenvalue weighted by Crippen LogP contribution is -2.43. The number of hydrogen-bond acceptors (Lipinski definition) is 2. The molecule has 21 heavy (non-hydrogen) atoms. The van der Waals surface area contributed by atoms with Crippen LogP contribution in [0.1, 0.15) is 44.6 Å². The van der Waals surface area contributed by atoms with Gasteiger partial charge in [-0.2, -0.15) is 0 Å². The largest absolute Gasteiger partial charge is 0.491 e. The molecule has 0 spiro atoms. The van der Waals surface area contributed by atoms with Crippen LogP contribution in [-0.2, 0) is 0 Å². The number of ether oxygens (including phenoxy) is 1. The van der Waals surface area contributed by atoms with Gasteiger partial charge in [0.25, 0.3) is 0 Å². The van der Waals surface area contributed by atoms with Gasteiger partial charge in [-0.25, -0.2) is 4.79 Å². The zero-order valence-corrected chi connectivity index (χ0v) is 13.1. The minimum absolute atomic E-state index is 0.0374. The van der Waals surface area contributed by atoms with Crippen molar-refractivity contribution < 1.29 is 9.53 Å². The molecule has 1 N–H and O–H groups in total. The van der Waals surface area contributed by atoms with E-state index >= 15 is 0 Å². The quantitative estimate of drug-likeness (QED) is 0.845. The first-order chi connectivity index (χ1) is 10.2. The van der Waals surface area contributed by atoms with Crippen LogP contribution < -0.4 is 10.1 Å². The van der Waals surface area contributed by atoms with E-state index in [2.05, 4.69) is 25.2 Å². The van der Waals surface area contributed by atoms with Crippen LogP contribution in [0.5, 0.6) is 5.75 Å². The zero-order valence-electron chi connectivity index (χ0n) is 13.1. The Morgan fingerprint density at radius 1 is 1.24 bits per heavy atom. The number of likely N-dealkylation sites (tertiary alicyclic amines) is 1. The van der Waals surface area contributed by atoms with E-state index in [0.717, 1.165) is 31.7 Å². The summed E-state index contributed by atoms with van der Waals surface area (Å²) in [6.45, 7) is 7.11. The van der Waals surface area contributed by atoms with Gasteiger partial charge in [0.1, 0.15) is 12.4 Å². The fourth-order valence-corrected chi connectivity index (χ4v) is 2.62. The highest BCUT2D eigenvalue weighted by Gasteiger charge is 2.15. The Kier molecular flexibility index (Phi) is 5.90. The number of nitrogens with one attached hydrogen (secondary N) is 1. The van der Waals surface area contributed by atoms with Crippen molar-refractivity contribution in [1.82, 2.24) is 10.2 Å². The van der Waals surface area contributed by atoms with Gasteiger partial charge in [-0.05, 0) is 36.8 Å². The fraction of sp³-hybridized carbons (Fsp3) is 0.588. The molecule has 1 aliphatic rings. The van der Waals surface area contributed by atoms with Crippen LogP contribution in [0.2, 0.25) is 0 Å². The monoisotopic (exact) mass is 290 g/mol. The molecule has 0 atom stereocenters. The number of para-hydroxylation sites is 1. The summed E-state index contributed by atoms with van der Waals surface area (Å²) in [6, 6.07) is 8.12. The van der Waals surface area contributed by atoms with Gasteiger partial charge in [-0.3, -0.25) is 0 Å². The molecule has 0 aliphatic carbocycles. The Hall–Kier alpha value is -1.71. The molecule has 4 heteroatoms. The van der Waals surface area contributed by atoms with Crippen molar-refractivity contribution in [1.29, 1.82) is 0 Å². The Labute approximate surface area is 127 Å². The van der Waals surface area contributed by atoms with Gasteiger partial charge >= 0.3 is 6.03 Å². The van der Waals surface area contributed by atoms with E-state index in [1.165, 1.54) is 12.0 Å². The summed E-state index contributed by atoms with van der Waals surface area (Å²) in [5.41, 5.74) is 1.21. The number of rotatable bonds is 5. The summed E-state index contributed by atoms with van der Waals surface area (Å²) < 4.78 is 5.80. The number of hydrogen-bond donors (Lipinski definition) is 1. The maximum atomic E-state index is 11.9. The number of amides is 2. The third-order valence-corrected chi connectivity index (χ3v) is 3.82. The summed E-state index contributed by atoms with van der Waals surface area (Å²) in [4.78, 5) is 13.8. The summed E-state index contributed by atoms with van der Waals surface area (Å²) >= 11 is 0. The minimum atomic E-state index is 0.0374. The highest BCUT2D eigenvalue weighted by Crippen LogP contribution is 2.25. The SMILES string of the molecule is CC(C)c1ccccc1OCCNC(=O)N1CCCCC1. The summed E-state index contributed by atoms with van der Waals surface area (Å²) in [7, 11) is 0. The second-order valence-electron chi connectivity index (χ2n) is 5.82. The van der Waals surface area contributed by atoms with E-state index in [4.69, 9.17) is 4.74 Å². The molecule has 2 rings (SSSR count). The minimum Gasteiger partial charge on any atom is -0.491 e. The molecule has 1 aromatic carbocycles. The van der Waals surface area contributed by atoms with Crippen molar-refractivity contribution in [3.8, 4) is 5.75 Å². The molecular weight excluding hydrogens is 264 g/mol. The molecule has 1 aromatic rings. The summed E-state index contributed by atoms with van der Waals surface area (Å²) in [5, 5.41) is 2.93. The van der Waals surface area contributed by atoms with E-state index < -0.39 is 0 Å². The number of piperidine rings is 1. The molecule has 1 fully saturated rings. The van der Waals surface area contributed by atoms with Gasteiger partial charge in [0.2, 0.25) is 0 Å². The second-order valence-corrected chi connectivity index (χ2v) is 5.82. The molecule has 116 valence electrons. The molecule has 2 amide bonds. The Morgan fingerprint density at radius 2 is 1.95 bits per heavy atom. The first kappa shape index (κ1) is 15.7. The smallest absolute Gasteiger partial charge is 0.317 e. The molecule has 1 aliphatic heterocycles. The Bertz CT molecular complexity index is 454. The van der Waals surface area contributed by atoms with Gasteiger partial charge in [0.05, 0.1) is 6.54 Å². The van der Waals surface area contributed by atoms with Crippen molar-refractivity contribution in [3.63, 3.8) is 0 Å². The standard InChI is InChI=1S/C17H26N2O2/c1-14(2)15-8-4-5-9-16(15)21-13-10-18-17(20)19-11-6-3-7-12-19/h4-5,8-9,14H,3,6-7,10-13H2,1-2H3,(H,18,20). The molecule has 4 nitrogen and oxygen atoms in total. The van der Waals surface area contributed by atoms with E-state index in [-0.39, 0.29) is 6.03 Å². The maximum Gasteiger partial charge on any atom is 0.317 e. The maximum absolute atomic E-state index is 11.9. The second kappa shape index (κ2) is 7.91. The van der Waals surface area contributed by atoms with Crippen LogP contribution in [0.25, 0.3) is 0 Å². The molecule has 1 heterocycles. The first-order valence-electron chi connectivity index (χ1n) is 7.93. The average Bonchev–Trinajstić information content (AvgIpc) is 2.52. The summed E-state index contributed by atoms with van der Waals surface area (Å²) in [5.74, 6) is 1.35. The molecule has 0 bridgehead atoms. The van der Waals surface area contributed by atoms with Crippen LogP contribution in [-0.4, -0.2) is 37.2 Å². The van der Waals surface area contributed by atoms with Crippen LogP contribution >= 0.6 is 0 Å². The predicted octanol–water partition coefficient (Wildman–Crippen LogP) is 3.38. The number of nitrogens with zero attached hydrogens (tertiary/aromatic N) is 1. The van der Waals surface area contributed by atoms with Crippen molar-refractivity contribution in [2.75, 3.05) is 26.2 Å². The van der Waals surface area contributed by atoms with Gasteiger partial charge in [0.15, 0.2) is 0 Å². The predicted molar refractivity (Wildman–Crippen MR) is 84.8 cm³/mol. The van der Waals surface area contributed by atoms with Crippen molar-refractivity contribution in [2.24, 2.45) is 0 Å². The number of urea groups is 1. The van der Waals surface area contributed by atoms with Gasteiger partial charge < -0.3 is 15.0 Å². The normalized spacial score (nSPS) is 15.1. The Balaban J connectivity index is 1.73. The molecule has 1 saturated heterocycles. The van der Waals surface area contributed by atoms with E-state index in [1.807, 2.05) is 23.1 Å². The zero-order chi connectivity index (χ0) is 15.1. The van der Waals surface area contributed by atoms with Gasteiger partial charge in [-0.1, -0.05) is 32.0 Å². The number of carbonyl (C=O) groups excluding carboxylic acids is 1. The van der Waals surface area contributed by atoms with Gasteiger partial charge in [-0.15, -0.1) is 0 Å². The van der Waals surface area contributed by atoms with Gasteiger partial charge in [0, 0.05) is 13.1 Å². The van der Waals surface area contributed by atoms with Crippen molar-refractivity contribution in [2.45, 2.75) is 39.0 Å². The lowest BCUT2D eigenvalue weighted by Gasteiger charge is -2.26. The highest BCUT2D eigenvalue weighted by molar-refractivity contribution is 5.74. The third-order valence-electron chi connectivity index (χ3n) is 3.82. The van der Waals surface area contributed by atoms with Crippen LogP contribution in [0.15, 0.2) is 24.3 Å². The lowest BCUT2D eigenvalue weighted by atomic mass is 10.0. The van der Waals surface area contributed by atoms with Crippen molar-refractivity contribution >= 4 is 6.03 Å². The molecule has 0 radical (unpaired) electrons. The van der Waals surface area contributed by atoms with E-state index in [0.29, 0.717) is 19.1 Å². The van der Waals surface area contributed by atoms with E-state index in [9.17, 15) is 4.79 Å². The number of carbonyl (C=O) groups is 1. The van der Waals surface area contributed by atoms with Crippen LogP contribution in [0, 0.1) is 0 Å².